The molecule has 94 valence electrons. The van der Waals surface area contributed by atoms with Crippen LogP contribution in [0.4, 0.5) is 0 Å². The summed E-state index contributed by atoms with van der Waals surface area (Å²) in [6.07, 6.45) is 2.98. The third kappa shape index (κ3) is 1.69. The first-order valence-corrected chi connectivity index (χ1v) is 6.29. The molecule has 3 rings (SSSR count). The Hall–Kier alpha value is -1.81. The molecule has 0 spiro atoms. The van der Waals surface area contributed by atoms with Crippen molar-refractivity contribution in [3.8, 4) is 0 Å². The Labute approximate surface area is 105 Å². The Bertz CT molecular complexity index is 691. The van der Waals surface area contributed by atoms with Crippen molar-refractivity contribution in [1.82, 2.24) is 14.9 Å². The predicted octanol–water partition coefficient (Wildman–Crippen LogP) is 1.78. The topological polar surface area (TPSA) is 49.8 Å². The highest BCUT2D eigenvalue weighted by Crippen LogP contribution is 2.21. The number of hydrogen-bond acceptors (Lipinski definition) is 2. The average Bonchev–Trinajstić information content (AvgIpc) is 2.66. The second-order valence-corrected chi connectivity index (χ2v) is 4.87. The Morgan fingerprint density at radius 2 is 2.00 bits per heavy atom. The van der Waals surface area contributed by atoms with E-state index in [2.05, 4.69) is 36.3 Å². The van der Waals surface area contributed by atoms with Crippen LogP contribution in [0.15, 0.2) is 23.0 Å². The third-order valence-electron chi connectivity index (χ3n) is 3.62. The van der Waals surface area contributed by atoms with Gasteiger partial charge in [-0.2, -0.15) is 0 Å². The molecule has 18 heavy (non-hydrogen) atoms. The van der Waals surface area contributed by atoms with Crippen molar-refractivity contribution in [2.24, 2.45) is 0 Å². The minimum Gasteiger partial charge on any atom is -0.313 e. The summed E-state index contributed by atoms with van der Waals surface area (Å²) in [6, 6.07) is 4.13. The lowest BCUT2D eigenvalue weighted by Crippen LogP contribution is -2.25. The van der Waals surface area contributed by atoms with Gasteiger partial charge in [-0.05, 0) is 37.1 Å². The second-order valence-electron chi connectivity index (χ2n) is 4.87. The number of rotatable bonds is 1. The number of nitrogens with one attached hydrogen (secondary N) is 2. The van der Waals surface area contributed by atoms with E-state index in [1.807, 2.05) is 10.6 Å². The molecule has 0 bridgehead atoms. The van der Waals surface area contributed by atoms with Crippen LogP contribution in [0.5, 0.6) is 0 Å². The van der Waals surface area contributed by atoms with E-state index < -0.39 is 0 Å². The lowest BCUT2D eigenvalue weighted by molar-refractivity contribution is 0.716. The van der Waals surface area contributed by atoms with E-state index in [1.165, 1.54) is 11.1 Å². The zero-order valence-electron chi connectivity index (χ0n) is 10.7. The molecule has 0 radical (unpaired) electrons. The minimum atomic E-state index is -0.0387. The van der Waals surface area contributed by atoms with Crippen molar-refractivity contribution >= 4 is 16.7 Å². The SMILES string of the molecule is Cc1cc2[nH]c(=O)n(C3=CCNCC3)c2cc1C. The molecule has 2 N–H and O–H groups in total. The molecule has 0 aliphatic carbocycles. The van der Waals surface area contributed by atoms with E-state index in [0.717, 1.165) is 36.2 Å². The summed E-state index contributed by atoms with van der Waals surface area (Å²) in [5.41, 5.74) is 5.37. The molecule has 1 aromatic heterocycles. The van der Waals surface area contributed by atoms with Crippen molar-refractivity contribution in [1.29, 1.82) is 0 Å². The highest BCUT2D eigenvalue weighted by atomic mass is 16.1. The van der Waals surface area contributed by atoms with Crippen LogP contribution in [0.2, 0.25) is 0 Å². The lowest BCUT2D eigenvalue weighted by atomic mass is 10.1. The smallest absolute Gasteiger partial charge is 0.313 e. The van der Waals surface area contributed by atoms with Crippen LogP contribution < -0.4 is 11.0 Å². The highest BCUT2D eigenvalue weighted by molar-refractivity contribution is 5.81. The summed E-state index contributed by atoms with van der Waals surface area (Å²) < 4.78 is 1.81. The molecule has 2 aromatic rings. The van der Waals surface area contributed by atoms with E-state index in [9.17, 15) is 4.79 Å². The monoisotopic (exact) mass is 243 g/mol. The quantitative estimate of drug-likeness (QED) is 0.802. The maximum atomic E-state index is 12.1. The summed E-state index contributed by atoms with van der Waals surface area (Å²) in [5.74, 6) is 0. The number of aromatic nitrogens is 2. The summed E-state index contributed by atoms with van der Waals surface area (Å²) in [7, 11) is 0. The van der Waals surface area contributed by atoms with Crippen molar-refractivity contribution in [3.63, 3.8) is 0 Å². The molecule has 0 fully saturated rings. The maximum absolute atomic E-state index is 12.1. The molecular weight excluding hydrogens is 226 g/mol. The molecule has 0 saturated heterocycles. The number of H-pyrrole nitrogens is 1. The predicted molar refractivity (Wildman–Crippen MR) is 73.8 cm³/mol. The van der Waals surface area contributed by atoms with Crippen molar-refractivity contribution in [3.05, 3.63) is 39.8 Å². The van der Waals surface area contributed by atoms with Crippen molar-refractivity contribution < 1.29 is 0 Å². The number of imidazole rings is 1. The van der Waals surface area contributed by atoms with Gasteiger partial charge in [-0.15, -0.1) is 0 Å². The van der Waals surface area contributed by atoms with Gasteiger partial charge in [-0.3, -0.25) is 4.57 Å². The van der Waals surface area contributed by atoms with Gasteiger partial charge in [0.05, 0.1) is 11.0 Å². The van der Waals surface area contributed by atoms with E-state index >= 15 is 0 Å². The molecule has 0 unspecified atom stereocenters. The Morgan fingerprint density at radius 1 is 1.22 bits per heavy atom. The Morgan fingerprint density at radius 3 is 2.72 bits per heavy atom. The van der Waals surface area contributed by atoms with Crippen LogP contribution in [-0.4, -0.2) is 22.6 Å². The maximum Gasteiger partial charge on any atom is 0.330 e. The van der Waals surface area contributed by atoms with Gasteiger partial charge in [0.1, 0.15) is 0 Å². The summed E-state index contributed by atoms with van der Waals surface area (Å²) in [4.78, 5) is 15.0. The molecule has 4 heteroatoms. The molecule has 4 nitrogen and oxygen atoms in total. The molecule has 0 atom stereocenters. The van der Waals surface area contributed by atoms with Crippen molar-refractivity contribution in [2.45, 2.75) is 20.3 Å². The lowest BCUT2D eigenvalue weighted by Gasteiger charge is -2.15. The largest absolute Gasteiger partial charge is 0.330 e. The molecular formula is C14H17N3O. The van der Waals surface area contributed by atoms with Gasteiger partial charge >= 0.3 is 5.69 Å². The van der Waals surface area contributed by atoms with Gasteiger partial charge in [-0.1, -0.05) is 6.08 Å². The standard InChI is InChI=1S/C14H17N3O/c1-9-7-12-13(8-10(9)2)17(14(18)16-12)11-3-5-15-6-4-11/h3,7-8,15H,4-6H2,1-2H3,(H,16,18). The Balaban J connectivity index is 2.28. The van der Waals surface area contributed by atoms with Crippen LogP contribution in [0.3, 0.4) is 0 Å². The van der Waals surface area contributed by atoms with Gasteiger partial charge < -0.3 is 10.3 Å². The van der Waals surface area contributed by atoms with E-state index in [-0.39, 0.29) is 5.69 Å². The van der Waals surface area contributed by atoms with Gasteiger partial charge in [0, 0.05) is 25.2 Å². The Kier molecular flexibility index (Phi) is 2.59. The molecule has 2 heterocycles. The summed E-state index contributed by atoms with van der Waals surface area (Å²) in [5, 5.41) is 3.26. The summed E-state index contributed by atoms with van der Waals surface area (Å²) in [6.45, 7) is 5.90. The van der Waals surface area contributed by atoms with E-state index in [0.29, 0.717) is 0 Å². The fourth-order valence-electron chi connectivity index (χ4n) is 2.47. The highest BCUT2D eigenvalue weighted by Gasteiger charge is 2.13. The molecule has 0 saturated carbocycles. The van der Waals surface area contributed by atoms with Gasteiger partial charge in [0.15, 0.2) is 0 Å². The number of nitrogens with zero attached hydrogens (tertiary/aromatic N) is 1. The number of benzene rings is 1. The van der Waals surface area contributed by atoms with Crippen molar-refractivity contribution in [2.75, 3.05) is 13.1 Å². The third-order valence-corrected chi connectivity index (χ3v) is 3.62. The minimum absolute atomic E-state index is 0.0387. The zero-order chi connectivity index (χ0) is 12.7. The molecule has 1 aliphatic rings. The normalized spacial score (nSPS) is 16.0. The van der Waals surface area contributed by atoms with Crippen LogP contribution in [0.1, 0.15) is 17.5 Å². The van der Waals surface area contributed by atoms with E-state index in [4.69, 9.17) is 0 Å². The fourth-order valence-corrected chi connectivity index (χ4v) is 2.47. The van der Waals surface area contributed by atoms with Crippen LogP contribution >= 0.6 is 0 Å². The second kappa shape index (κ2) is 4.14. The number of aryl methyl sites for hydroxylation is 2. The summed E-state index contributed by atoms with van der Waals surface area (Å²) >= 11 is 0. The molecule has 1 aliphatic heterocycles. The average molecular weight is 243 g/mol. The van der Waals surface area contributed by atoms with Gasteiger partial charge in [0.2, 0.25) is 0 Å². The van der Waals surface area contributed by atoms with E-state index in [1.54, 1.807) is 0 Å². The first kappa shape index (κ1) is 11.3. The van der Waals surface area contributed by atoms with Gasteiger partial charge in [0.25, 0.3) is 0 Å². The molecule has 0 amide bonds. The number of aromatic amines is 1. The molecule has 1 aromatic carbocycles. The number of fused-ring (bicyclic) bond motifs is 1. The van der Waals surface area contributed by atoms with Crippen LogP contribution in [-0.2, 0) is 0 Å². The first-order chi connectivity index (χ1) is 8.66. The van der Waals surface area contributed by atoms with Crippen LogP contribution in [0, 0.1) is 13.8 Å². The number of hydrogen-bond donors (Lipinski definition) is 2. The van der Waals surface area contributed by atoms with Gasteiger partial charge in [-0.25, -0.2) is 4.79 Å². The first-order valence-electron chi connectivity index (χ1n) is 6.29. The van der Waals surface area contributed by atoms with Crippen LogP contribution in [0.25, 0.3) is 16.7 Å². The zero-order valence-corrected chi connectivity index (χ0v) is 10.7. The fraction of sp³-hybridized carbons (Fsp3) is 0.357.